The molecule has 0 spiro atoms. The maximum atomic E-state index is 12.1. The lowest BCUT2D eigenvalue weighted by atomic mass is 10.1. The molecule has 0 bridgehead atoms. The van der Waals surface area contributed by atoms with Gasteiger partial charge in [0.15, 0.2) is 9.84 Å². The van der Waals surface area contributed by atoms with Gasteiger partial charge in [-0.2, -0.15) is 0 Å². The van der Waals surface area contributed by atoms with Gasteiger partial charge in [-0.05, 0) is 37.6 Å². The molecule has 1 atom stereocenters. The van der Waals surface area contributed by atoms with Crippen molar-refractivity contribution in [2.75, 3.05) is 19.3 Å². The molecule has 5 nitrogen and oxygen atoms in total. The predicted octanol–water partition coefficient (Wildman–Crippen LogP) is 0.490. The highest BCUT2D eigenvalue weighted by atomic mass is 32.2. The number of rotatable bonds is 3. The number of amides is 1. The minimum absolute atomic E-state index is 0.121. The summed E-state index contributed by atoms with van der Waals surface area (Å²) >= 11 is 0. The standard InChI is InChI=1S/C13H18N2O3S/c1-9-3-4-10(7-12(9)19(2,17)18)13(16)15-11-5-6-14-8-11/h3-4,7,11,14H,5-6,8H2,1-2H3,(H,15,16). The molecule has 19 heavy (non-hydrogen) atoms. The molecule has 1 aliphatic heterocycles. The second kappa shape index (κ2) is 5.30. The highest BCUT2D eigenvalue weighted by molar-refractivity contribution is 7.90. The molecule has 1 amide bonds. The number of sulfone groups is 1. The Hall–Kier alpha value is -1.40. The van der Waals surface area contributed by atoms with Gasteiger partial charge in [-0.1, -0.05) is 6.07 Å². The van der Waals surface area contributed by atoms with Crippen molar-refractivity contribution in [1.29, 1.82) is 0 Å². The highest BCUT2D eigenvalue weighted by Gasteiger charge is 2.19. The van der Waals surface area contributed by atoms with Crippen LogP contribution in [-0.4, -0.2) is 39.7 Å². The molecule has 0 saturated carbocycles. The maximum Gasteiger partial charge on any atom is 0.251 e. The topological polar surface area (TPSA) is 75.3 Å². The minimum Gasteiger partial charge on any atom is -0.348 e. The van der Waals surface area contributed by atoms with E-state index in [1.807, 2.05) is 0 Å². The van der Waals surface area contributed by atoms with Crippen LogP contribution in [-0.2, 0) is 9.84 Å². The lowest BCUT2D eigenvalue weighted by Gasteiger charge is -2.12. The van der Waals surface area contributed by atoms with Gasteiger partial charge in [-0.3, -0.25) is 4.79 Å². The molecule has 2 rings (SSSR count). The van der Waals surface area contributed by atoms with E-state index in [0.29, 0.717) is 11.1 Å². The summed E-state index contributed by atoms with van der Waals surface area (Å²) in [4.78, 5) is 12.3. The normalized spacial score (nSPS) is 19.4. The summed E-state index contributed by atoms with van der Waals surface area (Å²) in [7, 11) is -3.31. The van der Waals surface area contributed by atoms with E-state index < -0.39 is 9.84 Å². The fourth-order valence-electron chi connectivity index (χ4n) is 2.19. The molecule has 2 N–H and O–H groups in total. The molecule has 1 aromatic rings. The van der Waals surface area contributed by atoms with E-state index in [2.05, 4.69) is 10.6 Å². The Morgan fingerprint density at radius 1 is 1.42 bits per heavy atom. The van der Waals surface area contributed by atoms with E-state index in [1.165, 1.54) is 6.07 Å². The van der Waals surface area contributed by atoms with Gasteiger partial charge >= 0.3 is 0 Å². The molecule has 1 aliphatic rings. The lowest BCUT2D eigenvalue weighted by molar-refractivity contribution is 0.0940. The number of nitrogens with one attached hydrogen (secondary N) is 2. The number of carbonyl (C=O) groups is 1. The summed E-state index contributed by atoms with van der Waals surface area (Å²) in [6, 6.07) is 4.89. The Morgan fingerprint density at radius 3 is 2.74 bits per heavy atom. The van der Waals surface area contributed by atoms with Gasteiger partial charge < -0.3 is 10.6 Å². The number of hydrogen-bond acceptors (Lipinski definition) is 4. The van der Waals surface area contributed by atoms with Crippen molar-refractivity contribution in [1.82, 2.24) is 10.6 Å². The molecule has 1 heterocycles. The van der Waals surface area contributed by atoms with Crippen LogP contribution in [0.5, 0.6) is 0 Å². The second-order valence-electron chi connectivity index (χ2n) is 4.92. The van der Waals surface area contributed by atoms with E-state index in [1.54, 1.807) is 19.1 Å². The predicted molar refractivity (Wildman–Crippen MR) is 73.0 cm³/mol. The number of carbonyl (C=O) groups excluding carboxylic acids is 1. The molecule has 6 heteroatoms. The Bertz CT molecular complexity index is 590. The summed E-state index contributed by atoms with van der Waals surface area (Å²) in [5, 5.41) is 6.06. The van der Waals surface area contributed by atoms with Gasteiger partial charge in [0.25, 0.3) is 5.91 Å². The number of hydrogen-bond donors (Lipinski definition) is 2. The summed E-state index contributed by atoms with van der Waals surface area (Å²) < 4.78 is 23.3. The molecular formula is C13H18N2O3S. The van der Waals surface area contributed by atoms with Gasteiger partial charge in [-0.15, -0.1) is 0 Å². The number of aryl methyl sites for hydroxylation is 1. The Labute approximate surface area is 113 Å². The Kier molecular flexibility index (Phi) is 3.91. The zero-order chi connectivity index (χ0) is 14.0. The first kappa shape index (κ1) is 14.0. The molecule has 0 radical (unpaired) electrons. The zero-order valence-corrected chi connectivity index (χ0v) is 11.9. The third kappa shape index (κ3) is 3.33. The molecular weight excluding hydrogens is 264 g/mol. The average molecular weight is 282 g/mol. The van der Waals surface area contributed by atoms with Gasteiger partial charge in [0, 0.05) is 24.4 Å². The first-order valence-corrected chi connectivity index (χ1v) is 8.09. The Morgan fingerprint density at radius 2 is 2.16 bits per heavy atom. The van der Waals surface area contributed by atoms with Crippen molar-refractivity contribution in [3.05, 3.63) is 29.3 Å². The van der Waals surface area contributed by atoms with Gasteiger partial charge in [0.1, 0.15) is 0 Å². The smallest absolute Gasteiger partial charge is 0.251 e. The SMILES string of the molecule is Cc1ccc(C(=O)NC2CCNC2)cc1S(C)(=O)=O. The Balaban J connectivity index is 2.23. The van der Waals surface area contributed by atoms with Crippen LogP contribution in [0.25, 0.3) is 0 Å². The van der Waals surface area contributed by atoms with E-state index in [4.69, 9.17) is 0 Å². The molecule has 0 aromatic heterocycles. The van der Waals surface area contributed by atoms with Gasteiger partial charge in [0.05, 0.1) is 4.90 Å². The minimum atomic E-state index is -3.31. The van der Waals surface area contributed by atoms with Crippen LogP contribution in [0.4, 0.5) is 0 Å². The third-order valence-corrected chi connectivity index (χ3v) is 4.48. The quantitative estimate of drug-likeness (QED) is 0.846. The van der Waals surface area contributed by atoms with Crippen molar-refractivity contribution in [3.63, 3.8) is 0 Å². The summed E-state index contributed by atoms with van der Waals surface area (Å²) in [6.45, 7) is 3.38. The van der Waals surface area contributed by atoms with Gasteiger partial charge in [0.2, 0.25) is 0 Å². The second-order valence-corrected chi connectivity index (χ2v) is 6.90. The maximum absolute atomic E-state index is 12.1. The van der Waals surface area contributed by atoms with E-state index >= 15 is 0 Å². The van der Waals surface area contributed by atoms with Crippen LogP contribution in [0.2, 0.25) is 0 Å². The van der Waals surface area contributed by atoms with Crippen LogP contribution in [0, 0.1) is 6.92 Å². The summed E-state index contributed by atoms with van der Waals surface area (Å²) in [5.41, 5.74) is 1.04. The molecule has 1 aromatic carbocycles. The average Bonchev–Trinajstić information content (AvgIpc) is 2.80. The monoisotopic (exact) mass is 282 g/mol. The van der Waals surface area contributed by atoms with E-state index in [0.717, 1.165) is 25.8 Å². The van der Waals surface area contributed by atoms with Crippen molar-refractivity contribution in [2.45, 2.75) is 24.3 Å². The first-order chi connectivity index (χ1) is 8.88. The van der Waals surface area contributed by atoms with Crippen LogP contribution < -0.4 is 10.6 Å². The largest absolute Gasteiger partial charge is 0.348 e. The fourth-order valence-corrected chi connectivity index (χ4v) is 3.18. The molecule has 1 unspecified atom stereocenters. The van der Waals surface area contributed by atoms with Crippen molar-refractivity contribution in [3.8, 4) is 0 Å². The molecule has 1 fully saturated rings. The summed E-state index contributed by atoms with van der Waals surface area (Å²) in [6.07, 6.45) is 2.05. The number of benzene rings is 1. The first-order valence-electron chi connectivity index (χ1n) is 6.20. The van der Waals surface area contributed by atoms with Gasteiger partial charge in [-0.25, -0.2) is 8.42 Å². The van der Waals surface area contributed by atoms with Crippen molar-refractivity contribution >= 4 is 15.7 Å². The fraction of sp³-hybridized carbons (Fsp3) is 0.462. The van der Waals surface area contributed by atoms with Crippen LogP contribution >= 0.6 is 0 Å². The lowest BCUT2D eigenvalue weighted by Crippen LogP contribution is -2.36. The molecule has 104 valence electrons. The van der Waals surface area contributed by atoms with Crippen LogP contribution in [0.1, 0.15) is 22.3 Å². The van der Waals surface area contributed by atoms with Crippen LogP contribution in [0.3, 0.4) is 0 Å². The van der Waals surface area contributed by atoms with E-state index in [9.17, 15) is 13.2 Å². The zero-order valence-electron chi connectivity index (χ0n) is 11.1. The molecule has 1 saturated heterocycles. The summed E-state index contributed by atoms with van der Waals surface area (Å²) in [5.74, 6) is -0.224. The van der Waals surface area contributed by atoms with Crippen molar-refractivity contribution in [2.24, 2.45) is 0 Å². The molecule has 0 aliphatic carbocycles. The van der Waals surface area contributed by atoms with Crippen LogP contribution in [0.15, 0.2) is 23.1 Å². The highest BCUT2D eigenvalue weighted by Crippen LogP contribution is 2.17. The third-order valence-electron chi connectivity index (χ3n) is 3.25. The van der Waals surface area contributed by atoms with E-state index in [-0.39, 0.29) is 16.8 Å². The van der Waals surface area contributed by atoms with Crippen molar-refractivity contribution < 1.29 is 13.2 Å².